The lowest BCUT2D eigenvalue weighted by atomic mass is 10.3. The lowest BCUT2D eigenvalue weighted by Gasteiger charge is -2.14. The van der Waals surface area contributed by atoms with Gasteiger partial charge in [0.05, 0.1) is 18.7 Å². The fourth-order valence-corrected chi connectivity index (χ4v) is 2.49. The summed E-state index contributed by atoms with van der Waals surface area (Å²) in [5, 5.41) is 8.45. The van der Waals surface area contributed by atoms with Crippen molar-refractivity contribution in [2.75, 3.05) is 7.05 Å². The molecule has 3 aromatic heterocycles. The van der Waals surface area contributed by atoms with Crippen molar-refractivity contribution in [3.63, 3.8) is 0 Å². The zero-order valence-corrected chi connectivity index (χ0v) is 11.1. The molecule has 19 heavy (non-hydrogen) atoms. The number of nitrogens with one attached hydrogen (secondary N) is 1. The molecule has 3 aromatic rings. The van der Waals surface area contributed by atoms with Gasteiger partial charge in [0.25, 0.3) is 0 Å². The highest BCUT2D eigenvalue weighted by molar-refractivity contribution is 7.15. The summed E-state index contributed by atoms with van der Waals surface area (Å²) in [5.41, 5.74) is 0.779. The molecule has 1 N–H and O–H groups in total. The predicted octanol–water partition coefficient (Wildman–Crippen LogP) is 0.715. The molecule has 0 radical (unpaired) electrons. The molecule has 98 valence electrons. The van der Waals surface area contributed by atoms with Gasteiger partial charge < -0.3 is 4.90 Å². The summed E-state index contributed by atoms with van der Waals surface area (Å²) >= 11 is 1.55. The molecule has 0 unspecified atom stereocenters. The van der Waals surface area contributed by atoms with E-state index in [9.17, 15) is 4.79 Å². The maximum Gasteiger partial charge on any atom is 0.228 e. The Hall–Kier alpha value is -2.22. The zero-order chi connectivity index (χ0) is 13.2. The van der Waals surface area contributed by atoms with Crippen LogP contribution in [0.5, 0.6) is 0 Å². The summed E-state index contributed by atoms with van der Waals surface area (Å²) in [7, 11) is 1.74. The van der Waals surface area contributed by atoms with Crippen LogP contribution in [0.2, 0.25) is 0 Å². The Morgan fingerprint density at radius 2 is 2.47 bits per heavy atom. The number of thiazole rings is 1. The lowest BCUT2D eigenvalue weighted by Crippen LogP contribution is -2.28. The number of carbonyl (C=O) groups excluding carboxylic acids is 1. The van der Waals surface area contributed by atoms with E-state index in [1.807, 2.05) is 22.2 Å². The minimum atomic E-state index is 0.00199. The summed E-state index contributed by atoms with van der Waals surface area (Å²) < 4.78 is 1.92. The molecule has 0 saturated heterocycles. The predicted molar refractivity (Wildman–Crippen MR) is 69.6 cm³/mol. The van der Waals surface area contributed by atoms with Crippen molar-refractivity contribution in [2.24, 2.45) is 0 Å². The third-order valence-corrected chi connectivity index (χ3v) is 3.52. The number of hydrogen-bond acceptors (Lipinski definition) is 5. The fourth-order valence-electron chi connectivity index (χ4n) is 1.77. The average Bonchev–Trinajstić information content (AvgIpc) is 3.04. The molecule has 0 atom stereocenters. The van der Waals surface area contributed by atoms with Gasteiger partial charge in [-0.05, 0) is 0 Å². The highest BCUT2D eigenvalue weighted by atomic mass is 32.1. The van der Waals surface area contributed by atoms with Crippen molar-refractivity contribution in [2.45, 2.75) is 13.0 Å². The van der Waals surface area contributed by atoms with Crippen LogP contribution in [0.1, 0.15) is 11.5 Å². The van der Waals surface area contributed by atoms with Gasteiger partial charge >= 0.3 is 0 Å². The second-order valence-corrected chi connectivity index (χ2v) is 5.06. The number of rotatable bonds is 4. The molecule has 0 spiro atoms. The van der Waals surface area contributed by atoms with Gasteiger partial charge in [-0.25, -0.2) is 9.97 Å². The largest absolute Gasteiger partial charge is 0.338 e. The van der Waals surface area contributed by atoms with Gasteiger partial charge in [0.15, 0.2) is 4.96 Å². The van der Waals surface area contributed by atoms with E-state index in [2.05, 4.69) is 20.2 Å². The van der Waals surface area contributed by atoms with E-state index in [4.69, 9.17) is 0 Å². The number of carbonyl (C=O) groups is 1. The Morgan fingerprint density at radius 3 is 3.21 bits per heavy atom. The minimum absolute atomic E-state index is 0.00199. The number of fused-ring (bicyclic) bond motifs is 1. The third-order valence-electron chi connectivity index (χ3n) is 2.75. The normalized spacial score (nSPS) is 11.0. The molecule has 1 amide bonds. The number of imidazole rings is 1. The molecular formula is C11H12N6OS. The van der Waals surface area contributed by atoms with Crippen LogP contribution in [0, 0.1) is 0 Å². The summed E-state index contributed by atoms with van der Waals surface area (Å²) in [6.45, 7) is 0.418. The van der Waals surface area contributed by atoms with Crippen LogP contribution in [0.25, 0.3) is 4.96 Å². The van der Waals surface area contributed by atoms with Crippen molar-refractivity contribution >= 4 is 22.2 Å². The first-order valence-electron chi connectivity index (χ1n) is 5.71. The summed E-state index contributed by atoms with van der Waals surface area (Å²) in [5.74, 6) is 0.670. The first kappa shape index (κ1) is 11.8. The average molecular weight is 276 g/mol. The maximum absolute atomic E-state index is 12.1. The highest BCUT2D eigenvalue weighted by Crippen LogP contribution is 2.12. The number of H-pyrrole nitrogens is 1. The fraction of sp³-hybridized carbons (Fsp3) is 0.273. The quantitative estimate of drug-likeness (QED) is 0.761. The number of nitrogens with zero attached hydrogens (tertiary/aromatic N) is 5. The highest BCUT2D eigenvalue weighted by Gasteiger charge is 2.13. The van der Waals surface area contributed by atoms with Crippen molar-refractivity contribution in [3.8, 4) is 0 Å². The SMILES string of the molecule is CN(Cc1ncn[nH]1)C(=O)Cc1cn2ccsc2n1. The second-order valence-electron chi connectivity index (χ2n) is 4.18. The third kappa shape index (κ3) is 2.48. The van der Waals surface area contributed by atoms with Crippen LogP contribution < -0.4 is 0 Å². The number of hydrogen-bond donors (Lipinski definition) is 1. The minimum Gasteiger partial charge on any atom is -0.338 e. The van der Waals surface area contributed by atoms with Gasteiger partial charge in [0.2, 0.25) is 5.91 Å². The van der Waals surface area contributed by atoms with Gasteiger partial charge in [-0.3, -0.25) is 14.3 Å². The van der Waals surface area contributed by atoms with Crippen LogP contribution >= 0.6 is 11.3 Å². The van der Waals surface area contributed by atoms with E-state index in [0.29, 0.717) is 18.8 Å². The zero-order valence-electron chi connectivity index (χ0n) is 10.3. The number of aromatic nitrogens is 5. The Kier molecular flexibility index (Phi) is 3.00. The molecule has 0 aliphatic carbocycles. The first-order chi connectivity index (χ1) is 9.22. The molecule has 3 rings (SSSR count). The van der Waals surface area contributed by atoms with Gasteiger partial charge in [-0.15, -0.1) is 11.3 Å². The molecule has 0 saturated carbocycles. The Bertz CT molecular complexity index is 656. The van der Waals surface area contributed by atoms with Gasteiger partial charge in [-0.1, -0.05) is 0 Å². The van der Waals surface area contributed by atoms with Gasteiger partial charge in [0.1, 0.15) is 12.2 Å². The number of likely N-dealkylation sites (N-methyl/N-ethyl adjacent to an activating group) is 1. The Morgan fingerprint density at radius 1 is 1.58 bits per heavy atom. The molecule has 0 bridgehead atoms. The standard InChI is InChI=1S/C11H12N6OS/c1-16(6-9-12-7-13-15-9)10(18)4-8-5-17-2-3-19-11(17)14-8/h2-3,5,7H,4,6H2,1H3,(H,12,13,15). The van der Waals surface area contributed by atoms with Crippen molar-refractivity contribution < 1.29 is 4.79 Å². The smallest absolute Gasteiger partial charge is 0.228 e. The molecule has 8 heteroatoms. The van der Waals surface area contributed by atoms with E-state index < -0.39 is 0 Å². The molecule has 0 aromatic carbocycles. The van der Waals surface area contributed by atoms with E-state index >= 15 is 0 Å². The van der Waals surface area contributed by atoms with Gasteiger partial charge in [0, 0.05) is 24.8 Å². The number of amides is 1. The van der Waals surface area contributed by atoms with Crippen LogP contribution in [-0.2, 0) is 17.8 Å². The lowest BCUT2D eigenvalue weighted by molar-refractivity contribution is -0.129. The van der Waals surface area contributed by atoms with Crippen LogP contribution in [0.3, 0.4) is 0 Å². The summed E-state index contributed by atoms with van der Waals surface area (Å²) in [6, 6.07) is 0. The first-order valence-corrected chi connectivity index (χ1v) is 6.59. The molecule has 0 fully saturated rings. The summed E-state index contributed by atoms with van der Waals surface area (Å²) in [4.78, 5) is 22.9. The molecule has 3 heterocycles. The molecular weight excluding hydrogens is 264 g/mol. The van der Waals surface area contributed by atoms with E-state index in [1.165, 1.54) is 6.33 Å². The van der Waals surface area contributed by atoms with Gasteiger partial charge in [-0.2, -0.15) is 5.10 Å². The van der Waals surface area contributed by atoms with E-state index in [-0.39, 0.29) is 5.91 Å². The Balaban J connectivity index is 1.65. The van der Waals surface area contributed by atoms with Crippen LogP contribution in [0.4, 0.5) is 0 Å². The second kappa shape index (κ2) is 4.81. The van der Waals surface area contributed by atoms with Crippen LogP contribution in [-0.4, -0.2) is 42.4 Å². The van der Waals surface area contributed by atoms with Crippen LogP contribution in [0.15, 0.2) is 24.1 Å². The van der Waals surface area contributed by atoms with Crippen molar-refractivity contribution in [1.82, 2.24) is 29.5 Å². The van der Waals surface area contributed by atoms with Crippen molar-refractivity contribution in [3.05, 3.63) is 35.6 Å². The summed E-state index contributed by atoms with van der Waals surface area (Å²) in [6.07, 6.45) is 5.53. The van der Waals surface area contributed by atoms with E-state index in [0.717, 1.165) is 10.7 Å². The monoisotopic (exact) mass is 276 g/mol. The number of aromatic amines is 1. The topological polar surface area (TPSA) is 79.2 Å². The Labute approximate surface area is 112 Å². The van der Waals surface area contributed by atoms with Crippen molar-refractivity contribution in [1.29, 1.82) is 0 Å². The molecule has 0 aliphatic rings. The molecule has 7 nitrogen and oxygen atoms in total. The molecule has 0 aliphatic heterocycles. The van der Waals surface area contributed by atoms with E-state index in [1.54, 1.807) is 23.3 Å². The maximum atomic E-state index is 12.1.